The number of nitrogens with one attached hydrogen (secondary N) is 1. The van der Waals surface area contributed by atoms with Gasteiger partial charge in [0.2, 0.25) is 0 Å². The SMILES string of the molecule is CCOC(=O)C(NC(=O)OC)C1CCOCC1. The summed E-state index contributed by atoms with van der Waals surface area (Å²) < 4.78 is 14.7. The van der Waals surface area contributed by atoms with Gasteiger partial charge in [-0.2, -0.15) is 0 Å². The molecule has 1 fully saturated rings. The first-order chi connectivity index (χ1) is 8.19. The molecule has 0 bridgehead atoms. The van der Waals surface area contributed by atoms with E-state index in [1.807, 2.05) is 0 Å². The minimum absolute atomic E-state index is 0.0434. The molecular weight excluding hydrogens is 226 g/mol. The Kier molecular flexibility index (Phi) is 5.76. The molecule has 1 N–H and O–H groups in total. The molecule has 0 aliphatic carbocycles. The van der Waals surface area contributed by atoms with Gasteiger partial charge in [-0.05, 0) is 25.7 Å². The average molecular weight is 245 g/mol. The lowest BCUT2D eigenvalue weighted by molar-refractivity contribution is -0.148. The zero-order chi connectivity index (χ0) is 12.7. The third kappa shape index (κ3) is 4.22. The molecule has 6 heteroatoms. The van der Waals surface area contributed by atoms with Crippen LogP contribution >= 0.6 is 0 Å². The van der Waals surface area contributed by atoms with Gasteiger partial charge in [-0.15, -0.1) is 0 Å². The summed E-state index contributed by atoms with van der Waals surface area (Å²) in [4.78, 5) is 23.0. The highest BCUT2D eigenvalue weighted by atomic mass is 16.5. The van der Waals surface area contributed by atoms with Gasteiger partial charge in [-0.25, -0.2) is 9.59 Å². The van der Waals surface area contributed by atoms with Crippen LogP contribution < -0.4 is 5.32 Å². The van der Waals surface area contributed by atoms with Gasteiger partial charge in [-0.3, -0.25) is 0 Å². The topological polar surface area (TPSA) is 73.9 Å². The van der Waals surface area contributed by atoms with E-state index in [2.05, 4.69) is 10.1 Å². The molecule has 1 saturated heterocycles. The van der Waals surface area contributed by atoms with Crippen LogP contribution in [-0.2, 0) is 19.0 Å². The van der Waals surface area contributed by atoms with Crippen molar-refractivity contribution in [2.45, 2.75) is 25.8 Å². The molecule has 1 heterocycles. The van der Waals surface area contributed by atoms with Gasteiger partial charge in [-0.1, -0.05) is 0 Å². The quantitative estimate of drug-likeness (QED) is 0.738. The predicted octanol–water partition coefficient (Wildman–Crippen LogP) is 0.701. The van der Waals surface area contributed by atoms with Crippen LogP contribution in [0.3, 0.4) is 0 Å². The third-order valence-corrected chi connectivity index (χ3v) is 2.74. The van der Waals surface area contributed by atoms with Crippen molar-refractivity contribution in [3.63, 3.8) is 0 Å². The van der Waals surface area contributed by atoms with E-state index in [1.165, 1.54) is 7.11 Å². The van der Waals surface area contributed by atoms with Gasteiger partial charge < -0.3 is 19.5 Å². The smallest absolute Gasteiger partial charge is 0.407 e. The average Bonchev–Trinajstić information content (AvgIpc) is 2.36. The van der Waals surface area contributed by atoms with Gasteiger partial charge in [0.25, 0.3) is 0 Å². The largest absolute Gasteiger partial charge is 0.464 e. The van der Waals surface area contributed by atoms with Crippen LogP contribution in [-0.4, -0.2) is 45.0 Å². The second-order valence-electron chi connectivity index (χ2n) is 3.82. The van der Waals surface area contributed by atoms with Crippen LogP contribution in [0.15, 0.2) is 0 Å². The molecule has 98 valence electrons. The van der Waals surface area contributed by atoms with Crippen molar-refractivity contribution < 1.29 is 23.8 Å². The van der Waals surface area contributed by atoms with E-state index in [1.54, 1.807) is 6.92 Å². The number of carbonyl (C=O) groups excluding carboxylic acids is 2. The summed E-state index contributed by atoms with van der Waals surface area (Å²) in [6, 6.07) is -0.647. The molecule has 6 nitrogen and oxygen atoms in total. The van der Waals surface area contributed by atoms with Crippen LogP contribution in [0.25, 0.3) is 0 Å². The standard InChI is InChI=1S/C11H19NO5/c1-3-17-10(13)9(12-11(14)15-2)8-4-6-16-7-5-8/h8-9H,3-7H2,1-2H3,(H,12,14). The highest BCUT2D eigenvalue weighted by Crippen LogP contribution is 2.20. The van der Waals surface area contributed by atoms with Crippen LogP contribution in [0.1, 0.15) is 19.8 Å². The molecular formula is C11H19NO5. The van der Waals surface area contributed by atoms with E-state index >= 15 is 0 Å². The molecule has 1 aliphatic heterocycles. The fourth-order valence-corrected chi connectivity index (χ4v) is 1.84. The fourth-order valence-electron chi connectivity index (χ4n) is 1.84. The molecule has 0 radical (unpaired) electrons. The van der Waals surface area contributed by atoms with Crippen LogP contribution in [0.2, 0.25) is 0 Å². The lowest BCUT2D eigenvalue weighted by Crippen LogP contribution is -2.48. The number of hydrogen-bond donors (Lipinski definition) is 1. The Labute approximate surface area is 101 Å². The molecule has 0 saturated carbocycles. The first-order valence-electron chi connectivity index (χ1n) is 5.78. The first-order valence-corrected chi connectivity index (χ1v) is 5.78. The molecule has 1 aliphatic rings. The monoisotopic (exact) mass is 245 g/mol. The predicted molar refractivity (Wildman–Crippen MR) is 59.5 cm³/mol. The number of alkyl carbamates (subject to hydrolysis) is 1. The number of ether oxygens (including phenoxy) is 3. The van der Waals surface area contributed by atoms with Gasteiger partial charge in [0.05, 0.1) is 13.7 Å². The summed E-state index contributed by atoms with van der Waals surface area (Å²) in [7, 11) is 1.27. The third-order valence-electron chi connectivity index (χ3n) is 2.74. The normalized spacial score (nSPS) is 18.2. The summed E-state index contributed by atoms with van der Waals surface area (Å²) in [6.07, 6.45) is 0.843. The molecule has 1 atom stereocenters. The molecule has 1 unspecified atom stereocenters. The number of methoxy groups -OCH3 is 1. The lowest BCUT2D eigenvalue weighted by Gasteiger charge is -2.28. The molecule has 17 heavy (non-hydrogen) atoms. The highest BCUT2D eigenvalue weighted by molar-refractivity contribution is 5.81. The van der Waals surface area contributed by atoms with Gasteiger partial charge in [0, 0.05) is 13.2 Å². The van der Waals surface area contributed by atoms with E-state index in [-0.39, 0.29) is 5.92 Å². The maximum atomic E-state index is 11.8. The van der Waals surface area contributed by atoms with Crippen molar-refractivity contribution in [3.8, 4) is 0 Å². The van der Waals surface area contributed by atoms with Crippen LogP contribution in [0.5, 0.6) is 0 Å². The Morgan fingerprint density at radius 2 is 2.06 bits per heavy atom. The summed E-state index contributed by atoms with van der Waals surface area (Å²) in [5, 5.41) is 2.53. The molecule has 1 amide bonds. The second kappa shape index (κ2) is 7.11. The maximum Gasteiger partial charge on any atom is 0.407 e. The van der Waals surface area contributed by atoms with E-state index in [9.17, 15) is 9.59 Å². The van der Waals surface area contributed by atoms with Gasteiger partial charge >= 0.3 is 12.1 Å². The van der Waals surface area contributed by atoms with Crippen molar-refractivity contribution in [2.24, 2.45) is 5.92 Å². The van der Waals surface area contributed by atoms with Crippen LogP contribution in [0, 0.1) is 5.92 Å². The number of rotatable bonds is 4. The van der Waals surface area contributed by atoms with Gasteiger partial charge in [0.1, 0.15) is 6.04 Å². The summed E-state index contributed by atoms with van der Waals surface area (Å²) in [5.74, 6) is -0.369. The number of esters is 1. The van der Waals surface area contributed by atoms with Crippen molar-refractivity contribution in [1.82, 2.24) is 5.32 Å². The summed E-state index contributed by atoms with van der Waals surface area (Å²) >= 11 is 0. The number of hydrogen-bond acceptors (Lipinski definition) is 5. The summed E-state index contributed by atoms with van der Waals surface area (Å²) in [6.45, 7) is 3.23. The Morgan fingerprint density at radius 3 is 2.59 bits per heavy atom. The molecule has 0 aromatic heterocycles. The molecule has 0 aromatic carbocycles. The zero-order valence-electron chi connectivity index (χ0n) is 10.2. The Balaban J connectivity index is 2.62. The molecule has 0 spiro atoms. The minimum Gasteiger partial charge on any atom is -0.464 e. The fraction of sp³-hybridized carbons (Fsp3) is 0.818. The van der Waals surface area contributed by atoms with Crippen LogP contribution in [0.4, 0.5) is 4.79 Å². The van der Waals surface area contributed by atoms with Crippen molar-refractivity contribution >= 4 is 12.1 Å². The second-order valence-corrected chi connectivity index (χ2v) is 3.82. The van der Waals surface area contributed by atoms with E-state index in [4.69, 9.17) is 9.47 Å². The Hall–Kier alpha value is -1.30. The Morgan fingerprint density at radius 1 is 1.41 bits per heavy atom. The maximum absolute atomic E-state index is 11.8. The minimum atomic E-state index is -0.647. The van der Waals surface area contributed by atoms with Crippen molar-refractivity contribution in [1.29, 1.82) is 0 Å². The molecule has 0 aromatic rings. The zero-order valence-corrected chi connectivity index (χ0v) is 10.2. The van der Waals surface area contributed by atoms with E-state index < -0.39 is 18.1 Å². The van der Waals surface area contributed by atoms with Gasteiger partial charge in [0.15, 0.2) is 0 Å². The number of amides is 1. The van der Waals surface area contributed by atoms with E-state index in [0.717, 1.165) is 12.8 Å². The van der Waals surface area contributed by atoms with E-state index in [0.29, 0.717) is 19.8 Å². The highest BCUT2D eigenvalue weighted by Gasteiger charge is 2.32. The molecule has 1 rings (SSSR count). The summed E-state index contributed by atoms with van der Waals surface area (Å²) in [5.41, 5.74) is 0. The van der Waals surface area contributed by atoms with Crippen molar-refractivity contribution in [2.75, 3.05) is 26.9 Å². The lowest BCUT2D eigenvalue weighted by atomic mass is 9.92. The number of carbonyl (C=O) groups is 2. The Bertz CT molecular complexity index is 263. The van der Waals surface area contributed by atoms with Crippen molar-refractivity contribution in [3.05, 3.63) is 0 Å². The first kappa shape index (κ1) is 13.8.